The number of rotatable bonds is 10. The van der Waals surface area contributed by atoms with E-state index in [2.05, 4.69) is 26.2 Å². The van der Waals surface area contributed by atoms with Gasteiger partial charge in [-0.2, -0.15) is 0 Å². The van der Waals surface area contributed by atoms with Gasteiger partial charge in [-0.05, 0) is 20.4 Å². The molecule has 0 aromatic carbocycles. The van der Waals surface area contributed by atoms with Gasteiger partial charge in [-0.25, -0.2) is 0 Å². The van der Waals surface area contributed by atoms with E-state index in [-0.39, 0.29) is 5.60 Å². The fraction of sp³-hybridized carbons (Fsp3) is 1.00. The minimum Gasteiger partial charge on any atom is -0.381 e. The van der Waals surface area contributed by atoms with E-state index in [1.54, 1.807) is 0 Å². The maximum atomic E-state index is 6.16. The van der Waals surface area contributed by atoms with Crippen molar-refractivity contribution in [3.05, 3.63) is 0 Å². The minimum absolute atomic E-state index is 0.00645. The van der Waals surface area contributed by atoms with Crippen molar-refractivity contribution >= 4 is 0 Å². The Morgan fingerprint density at radius 1 is 1.11 bits per heavy atom. The Bertz CT molecular complexity index is 209. The van der Waals surface area contributed by atoms with Gasteiger partial charge < -0.3 is 14.8 Å². The molecule has 0 aromatic heterocycles. The van der Waals surface area contributed by atoms with Gasteiger partial charge in [0.2, 0.25) is 0 Å². The lowest BCUT2D eigenvalue weighted by Gasteiger charge is -2.43. The molecule has 1 atom stereocenters. The predicted molar refractivity (Wildman–Crippen MR) is 80.6 cm³/mol. The Morgan fingerprint density at radius 3 is 2.37 bits per heavy atom. The summed E-state index contributed by atoms with van der Waals surface area (Å²) >= 11 is 0. The van der Waals surface area contributed by atoms with Crippen LogP contribution >= 0.6 is 0 Å². The fourth-order valence-corrected chi connectivity index (χ4v) is 3.22. The van der Waals surface area contributed by atoms with Gasteiger partial charge in [0.1, 0.15) is 0 Å². The molecule has 3 nitrogen and oxygen atoms in total. The molecule has 1 rings (SSSR count). The van der Waals surface area contributed by atoms with Crippen LogP contribution in [0.15, 0.2) is 0 Å². The first-order chi connectivity index (χ1) is 9.29. The Labute approximate surface area is 119 Å². The van der Waals surface area contributed by atoms with Crippen molar-refractivity contribution < 1.29 is 9.47 Å². The highest BCUT2D eigenvalue weighted by atomic mass is 16.5. The highest BCUT2D eigenvalue weighted by molar-refractivity contribution is 4.94. The fourth-order valence-electron chi connectivity index (χ4n) is 3.22. The lowest BCUT2D eigenvalue weighted by Crippen LogP contribution is -2.54. The molecule has 0 spiro atoms. The quantitative estimate of drug-likeness (QED) is 0.617. The summed E-state index contributed by atoms with van der Waals surface area (Å²) in [7, 11) is 2.08. The zero-order valence-electron chi connectivity index (χ0n) is 13.2. The largest absolute Gasteiger partial charge is 0.381 e. The van der Waals surface area contributed by atoms with Crippen LogP contribution in [0.25, 0.3) is 0 Å². The van der Waals surface area contributed by atoms with Crippen LogP contribution in [0.2, 0.25) is 0 Å². The molecular weight excluding hydrogens is 238 g/mol. The standard InChI is InChI=1S/C16H33NO2/c1-4-6-7-8-9-10-15(17-3)16(19-5-2)11-13-18-14-12-16/h15,17H,4-14H2,1-3H3. The van der Waals surface area contributed by atoms with Crippen LogP contribution in [0.1, 0.15) is 65.2 Å². The van der Waals surface area contributed by atoms with E-state index >= 15 is 0 Å². The van der Waals surface area contributed by atoms with E-state index in [4.69, 9.17) is 9.47 Å². The summed E-state index contributed by atoms with van der Waals surface area (Å²) in [6.45, 7) is 6.85. The van der Waals surface area contributed by atoms with Crippen LogP contribution < -0.4 is 5.32 Å². The third-order valence-corrected chi connectivity index (χ3v) is 4.35. The van der Waals surface area contributed by atoms with Crippen LogP contribution in [0, 0.1) is 0 Å². The number of ether oxygens (including phenoxy) is 2. The molecule has 1 fully saturated rings. The summed E-state index contributed by atoms with van der Waals surface area (Å²) in [4.78, 5) is 0. The molecule has 0 aromatic rings. The van der Waals surface area contributed by atoms with E-state index in [9.17, 15) is 0 Å². The number of hydrogen-bond donors (Lipinski definition) is 1. The molecule has 0 radical (unpaired) electrons. The molecule has 1 aliphatic rings. The average molecular weight is 271 g/mol. The van der Waals surface area contributed by atoms with Crippen LogP contribution in [0.5, 0.6) is 0 Å². The van der Waals surface area contributed by atoms with Crippen molar-refractivity contribution in [1.82, 2.24) is 5.32 Å². The van der Waals surface area contributed by atoms with Crippen molar-refractivity contribution in [2.75, 3.05) is 26.9 Å². The van der Waals surface area contributed by atoms with Gasteiger partial charge in [-0.15, -0.1) is 0 Å². The van der Waals surface area contributed by atoms with Crippen molar-refractivity contribution in [2.24, 2.45) is 0 Å². The SMILES string of the molecule is CCCCCCCC(NC)C1(OCC)CCOCC1. The van der Waals surface area contributed by atoms with Gasteiger partial charge in [0.15, 0.2) is 0 Å². The van der Waals surface area contributed by atoms with Crippen molar-refractivity contribution in [1.29, 1.82) is 0 Å². The van der Waals surface area contributed by atoms with Crippen LogP contribution in [-0.4, -0.2) is 38.5 Å². The maximum Gasteiger partial charge on any atom is 0.0878 e. The van der Waals surface area contributed by atoms with Gasteiger partial charge in [0.25, 0.3) is 0 Å². The Morgan fingerprint density at radius 2 is 1.79 bits per heavy atom. The molecule has 1 saturated heterocycles. The molecule has 0 bridgehead atoms. The van der Waals surface area contributed by atoms with E-state index in [1.807, 2.05) is 0 Å². The first-order valence-corrected chi connectivity index (χ1v) is 8.18. The highest BCUT2D eigenvalue weighted by Crippen LogP contribution is 2.31. The van der Waals surface area contributed by atoms with E-state index in [1.165, 1.54) is 38.5 Å². The predicted octanol–water partition coefficient (Wildman–Crippen LogP) is 3.52. The second-order valence-corrected chi connectivity index (χ2v) is 5.65. The summed E-state index contributed by atoms with van der Waals surface area (Å²) in [6, 6.07) is 0.470. The van der Waals surface area contributed by atoms with E-state index in [0.717, 1.165) is 32.7 Å². The van der Waals surface area contributed by atoms with Crippen LogP contribution in [0.3, 0.4) is 0 Å². The van der Waals surface area contributed by atoms with Gasteiger partial charge in [-0.3, -0.25) is 0 Å². The second-order valence-electron chi connectivity index (χ2n) is 5.65. The van der Waals surface area contributed by atoms with Gasteiger partial charge in [0.05, 0.1) is 5.60 Å². The van der Waals surface area contributed by atoms with Crippen molar-refractivity contribution in [3.63, 3.8) is 0 Å². The summed E-state index contributed by atoms with van der Waals surface area (Å²) in [5.41, 5.74) is 0.00645. The smallest absolute Gasteiger partial charge is 0.0878 e. The lowest BCUT2D eigenvalue weighted by molar-refractivity contribution is -0.127. The first-order valence-electron chi connectivity index (χ1n) is 8.18. The Hall–Kier alpha value is -0.120. The molecule has 0 aliphatic carbocycles. The molecule has 0 amide bonds. The molecule has 114 valence electrons. The zero-order chi connectivity index (χ0) is 14.0. The molecule has 1 aliphatic heterocycles. The normalized spacial score (nSPS) is 20.4. The first kappa shape index (κ1) is 16.9. The molecule has 3 heteroatoms. The van der Waals surface area contributed by atoms with Gasteiger partial charge >= 0.3 is 0 Å². The molecule has 0 saturated carbocycles. The number of nitrogens with one attached hydrogen (secondary N) is 1. The number of hydrogen-bond acceptors (Lipinski definition) is 3. The second kappa shape index (κ2) is 9.73. The van der Waals surface area contributed by atoms with Crippen LogP contribution in [-0.2, 0) is 9.47 Å². The van der Waals surface area contributed by atoms with Crippen LogP contribution in [0.4, 0.5) is 0 Å². The molecule has 1 heterocycles. The third-order valence-electron chi connectivity index (χ3n) is 4.35. The minimum atomic E-state index is 0.00645. The number of likely N-dealkylation sites (N-methyl/N-ethyl adjacent to an activating group) is 1. The lowest BCUT2D eigenvalue weighted by atomic mass is 9.83. The molecule has 1 N–H and O–H groups in total. The topological polar surface area (TPSA) is 30.5 Å². The summed E-state index contributed by atoms with van der Waals surface area (Å²) in [6.07, 6.45) is 10.00. The average Bonchev–Trinajstić information content (AvgIpc) is 2.44. The maximum absolute atomic E-state index is 6.16. The monoisotopic (exact) mass is 271 g/mol. The van der Waals surface area contributed by atoms with E-state index in [0.29, 0.717) is 6.04 Å². The molecule has 1 unspecified atom stereocenters. The van der Waals surface area contributed by atoms with Gasteiger partial charge in [-0.1, -0.05) is 39.0 Å². The summed E-state index contributed by atoms with van der Waals surface area (Å²) < 4.78 is 11.7. The van der Waals surface area contributed by atoms with Crippen molar-refractivity contribution in [2.45, 2.75) is 76.9 Å². The van der Waals surface area contributed by atoms with E-state index < -0.39 is 0 Å². The summed E-state index contributed by atoms with van der Waals surface area (Å²) in [5, 5.41) is 3.51. The summed E-state index contributed by atoms with van der Waals surface area (Å²) in [5.74, 6) is 0. The number of unbranched alkanes of at least 4 members (excludes halogenated alkanes) is 4. The third kappa shape index (κ3) is 5.41. The Kier molecular flexibility index (Phi) is 8.67. The van der Waals surface area contributed by atoms with Crippen molar-refractivity contribution in [3.8, 4) is 0 Å². The zero-order valence-corrected chi connectivity index (χ0v) is 13.2. The van der Waals surface area contributed by atoms with Gasteiger partial charge in [0, 0.05) is 38.7 Å². The highest BCUT2D eigenvalue weighted by Gasteiger charge is 2.39. The molecule has 19 heavy (non-hydrogen) atoms. The Balaban J connectivity index is 2.43. The molecular formula is C16H33NO2.